The Bertz CT molecular complexity index is 496. The highest BCUT2D eigenvalue weighted by Crippen LogP contribution is 2.17. The van der Waals surface area contributed by atoms with Crippen LogP contribution in [0.1, 0.15) is 16.8 Å². The van der Waals surface area contributed by atoms with Crippen molar-refractivity contribution in [3.8, 4) is 6.07 Å². The van der Waals surface area contributed by atoms with E-state index in [-0.39, 0.29) is 5.82 Å². The van der Waals surface area contributed by atoms with Crippen LogP contribution in [0.25, 0.3) is 0 Å². The average Bonchev–Trinajstić information content (AvgIpc) is 2.39. The number of hydrogen-bond donors (Lipinski definition) is 2. The summed E-state index contributed by atoms with van der Waals surface area (Å²) in [6, 6.07) is 1.02. The maximum atomic E-state index is 11.3. The Morgan fingerprint density at radius 3 is 2.72 bits per heavy atom. The van der Waals surface area contributed by atoms with Gasteiger partial charge in [0.05, 0.1) is 19.4 Å². The van der Waals surface area contributed by atoms with Gasteiger partial charge >= 0.3 is 5.97 Å². The van der Waals surface area contributed by atoms with Crippen molar-refractivity contribution in [2.45, 2.75) is 19.9 Å². The first-order valence-electron chi connectivity index (χ1n) is 5.24. The number of anilines is 1. The standard InChI is InChI=1S/C11H14N4O3/c1-6-7(2)14-15-10(8(6)4-12)13-9(5-16)11(17)18-3/h9,16H,5H2,1-3H3,(H,13,15). The summed E-state index contributed by atoms with van der Waals surface area (Å²) in [5, 5.41) is 28.5. The second-order valence-corrected chi connectivity index (χ2v) is 3.65. The van der Waals surface area contributed by atoms with Gasteiger partial charge in [0.2, 0.25) is 0 Å². The van der Waals surface area contributed by atoms with E-state index in [0.717, 1.165) is 0 Å². The lowest BCUT2D eigenvalue weighted by molar-refractivity contribution is -0.142. The van der Waals surface area contributed by atoms with E-state index in [9.17, 15) is 4.79 Å². The molecule has 0 aromatic carbocycles. The number of esters is 1. The van der Waals surface area contributed by atoms with E-state index in [1.807, 2.05) is 6.07 Å². The average molecular weight is 250 g/mol. The van der Waals surface area contributed by atoms with Gasteiger partial charge in [-0.05, 0) is 19.4 Å². The summed E-state index contributed by atoms with van der Waals surface area (Å²) < 4.78 is 4.51. The van der Waals surface area contributed by atoms with Crippen LogP contribution in [0.4, 0.5) is 5.82 Å². The molecule has 96 valence electrons. The number of nitriles is 1. The third-order valence-corrected chi connectivity index (χ3v) is 2.55. The Balaban J connectivity index is 3.08. The second-order valence-electron chi connectivity index (χ2n) is 3.65. The molecule has 7 heteroatoms. The Hall–Kier alpha value is -2.20. The summed E-state index contributed by atoms with van der Waals surface area (Å²) in [7, 11) is 1.21. The van der Waals surface area contributed by atoms with Crippen molar-refractivity contribution >= 4 is 11.8 Å². The van der Waals surface area contributed by atoms with E-state index in [0.29, 0.717) is 16.8 Å². The highest BCUT2D eigenvalue weighted by molar-refractivity contribution is 5.79. The van der Waals surface area contributed by atoms with Crippen LogP contribution in [0.3, 0.4) is 0 Å². The fourth-order valence-corrected chi connectivity index (χ4v) is 1.33. The summed E-state index contributed by atoms with van der Waals surface area (Å²) >= 11 is 0. The van der Waals surface area contributed by atoms with E-state index in [4.69, 9.17) is 10.4 Å². The highest BCUT2D eigenvalue weighted by Gasteiger charge is 2.21. The molecular weight excluding hydrogens is 236 g/mol. The van der Waals surface area contributed by atoms with Crippen molar-refractivity contribution in [2.75, 3.05) is 19.0 Å². The van der Waals surface area contributed by atoms with Crippen LogP contribution in [-0.4, -0.2) is 41.0 Å². The molecule has 1 aromatic heterocycles. The normalized spacial score (nSPS) is 11.5. The summed E-state index contributed by atoms with van der Waals surface area (Å²) in [6.07, 6.45) is 0. The SMILES string of the molecule is COC(=O)C(CO)Nc1nnc(C)c(C)c1C#N. The van der Waals surface area contributed by atoms with Crippen LogP contribution < -0.4 is 5.32 Å². The van der Waals surface area contributed by atoms with E-state index in [1.54, 1.807) is 13.8 Å². The molecule has 0 aliphatic heterocycles. The summed E-state index contributed by atoms with van der Waals surface area (Å²) in [6.45, 7) is 3.00. The molecule has 7 nitrogen and oxygen atoms in total. The summed E-state index contributed by atoms with van der Waals surface area (Å²) in [5.41, 5.74) is 1.61. The van der Waals surface area contributed by atoms with Crippen LogP contribution in [0.2, 0.25) is 0 Å². The molecule has 0 amide bonds. The topological polar surface area (TPSA) is 108 Å². The van der Waals surface area contributed by atoms with Gasteiger partial charge in [-0.2, -0.15) is 10.4 Å². The van der Waals surface area contributed by atoms with Crippen LogP contribution in [0, 0.1) is 25.2 Å². The number of aliphatic hydroxyl groups excluding tert-OH is 1. The Morgan fingerprint density at radius 2 is 2.22 bits per heavy atom. The number of methoxy groups -OCH3 is 1. The first-order valence-corrected chi connectivity index (χ1v) is 5.24. The number of aromatic nitrogens is 2. The zero-order chi connectivity index (χ0) is 13.7. The van der Waals surface area contributed by atoms with Crippen LogP contribution in [0.5, 0.6) is 0 Å². The van der Waals surface area contributed by atoms with Crippen molar-refractivity contribution in [2.24, 2.45) is 0 Å². The lowest BCUT2D eigenvalue weighted by Gasteiger charge is -2.15. The zero-order valence-corrected chi connectivity index (χ0v) is 10.4. The molecule has 1 atom stereocenters. The van der Waals surface area contributed by atoms with Crippen molar-refractivity contribution in [1.29, 1.82) is 5.26 Å². The third kappa shape index (κ3) is 2.73. The molecule has 1 heterocycles. The van der Waals surface area contributed by atoms with E-state index >= 15 is 0 Å². The predicted octanol–water partition coefficient (Wildman–Crippen LogP) is -0.0891. The molecule has 18 heavy (non-hydrogen) atoms. The number of carbonyl (C=O) groups excluding carboxylic acids is 1. The predicted molar refractivity (Wildman–Crippen MR) is 62.7 cm³/mol. The molecule has 0 aliphatic carbocycles. The minimum atomic E-state index is -0.974. The number of carbonyl (C=O) groups is 1. The zero-order valence-electron chi connectivity index (χ0n) is 10.4. The molecule has 0 bridgehead atoms. The molecule has 1 unspecified atom stereocenters. The molecule has 0 saturated carbocycles. The number of rotatable bonds is 4. The van der Waals surface area contributed by atoms with E-state index < -0.39 is 18.6 Å². The van der Waals surface area contributed by atoms with E-state index in [2.05, 4.69) is 20.3 Å². The molecule has 1 rings (SSSR count). The van der Waals surface area contributed by atoms with Gasteiger partial charge in [-0.15, -0.1) is 5.10 Å². The van der Waals surface area contributed by atoms with Crippen molar-refractivity contribution in [1.82, 2.24) is 10.2 Å². The van der Waals surface area contributed by atoms with Gasteiger partial charge in [0.1, 0.15) is 17.7 Å². The maximum Gasteiger partial charge on any atom is 0.330 e. The molecule has 0 radical (unpaired) electrons. The molecule has 1 aromatic rings. The van der Waals surface area contributed by atoms with Crippen LogP contribution >= 0.6 is 0 Å². The molecule has 2 N–H and O–H groups in total. The van der Waals surface area contributed by atoms with Gasteiger partial charge in [0, 0.05) is 0 Å². The first kappa shape index (κ1) is 13.9. The largest absolute Gasteiger partial charge is 0.467 e. The monoisotopic (exact) mass is 250 g/mol. The van der Waals surface area contributed by atoms with Crippen molar-refractivity contribution < 1.29 is 14.6 Å². The van der Waals surface area contributed by atoms with Gasteiger partial charge in [-0.3, -0.25) is 0 Å². The van der Waals surface area contributed by atoms with Gasteiger partial charge in [-0.1, -0.05) is 0 Å². The molecular formula is C11H14N4O3. The summed E-state index contributed by atoms with van der Waals surface area (Å²) in [5.74, 6) is -0.480. The minimum absolute atomic E-state index is 0.157. The minimum Gasteiger partial charge on any atom is -0.467 e. The van der Waals surface area contributed by atoms with Crippen molar-refractivity contribution in [3.05, 3.63) is 16.8 Å². The third-order valence-electron chi connectivity index (χ3n) is 2.55. The molecule has 0 saturated heterocycles. The summed E-state index contributed by atoms with van der Waals surface area (Å²) in [4.78, 5) is 11.3. The first-order chi connectivity index (χ1) is 8.54. The quantitative estimate of drug-likeness (QED) is 0.719. The van der Waals surface area contributed by atoms with Gasteiger partial charge in [-0.25, -0.2) is 4.79 Å². The fraction of sp³-hybridized carbons (Fsp3) is 0.455. The number of ether oxygens (including phenoxy) is 1. The fourth-order valence-electron chi connectivity index (χ4n) is 1.33. The van der Waals surface area contributed by atoms with Gasteiger partial charge < -0.3 is 15.2 Å². The van der Waals surface area contributed by atoms with Gasteiger partial charge in [0.15, 0.2) is 5.82 Å². The molecule has 0 fully saturated rings. The maximum absolute atomic E-state index is 11.3. The number of nitrogens with zero attached hydrogens (tertiary/aromatic N) is 3. The smallest absolute Gasteiger partial charge is 0.330 e. The molecule has 0 aliphatic rings. The Labute approximate surface area is 104 Å². The van der Waals surface area contributed by atoms with Crippen LogP contribution in [0.15, 0.2) is 0 Å². The Morgan fingerprint density at radius 1 is 1.56 bits per heavy atom. The second kappa shape index (κ2) is 5.93. The number of hydrogen-bond acceptors (Lipinski definition) is 7. The Kier molecular flexibility index (Phi) is 4.57. The van der Waals surface area contributed by atoms with E-state index in [1.165, 1.54) is 7.11 Å². The number of aryl methyl sites for hydroxylation is 1. The van der Waals surface area contributed by atoms with Crippen LogP contribution in [-0.2, 0) is 9.53 Å². The highest BCUT2D eigenvalue weighted by atomic mass is 16.5. The lowest BCUT2D eigenvalue weighted by atomic mass is 10.1. The van der Waals surface area contributed by atoms with Gasteiger partial charge in [0.25, 0.3) is 0 Å². The van der Waals surface area contributed by atoms with Crippen molar-refractivity contribution in [3.63, 3.8) is 0 Å². The number of aliphatic hydroxyl groups is 1. The lowest BCUT2D eigenvalue weighted by Crippen LogP contribution is -2.35. The number of nitrogens with one attached hydrogen (secondary N) is 1. The molecule has 0 spiro atoms.